The predicted molar refractivity (Wildman–Crippen MR) is 68.2 cm³/mol. The normalized spacial score (nSPS) is 14.1. The Morgan fingerprint density at radius 3 is 2.88 bits per heavy atom. The van der Waals surface area contributed by atoms with E-state index in [9.17, 15) is 4.79 Å². The monoisotopic (exact) mass is 235 g/mol. The first-order valence-corrected chi connectivity index (χ1v) is 6.09. The topological polar surface area (TPSA) is 68.0 Å². The minimum absolute atomic E-state index is 0.0258. The fraction of sp³-hybridized carbons (Fsp3) is 0.538. The number of hydrogen-bond donors (Lipinski definition) is 2. The van der Waals surface area contributed by atoms with Gasteiger partial charge in [0.15, 0.2) is 0 Å². The summed E-state index contributed by atoms with van der Waals surface area (Å²) >= 11 is 0. The maximum absolute atomic E-state index is 11.9. The summed E-state index contributed by atoms with van der Waals surface area (Å²) < 4.78 is 0. The molecule has 1 unspecified atom stereocenters. The van der Waals surface area contributed by atoms with Gasteiger partial charge >= 0.3 is 0 Å². The number of carbonyl (C=O) groups excluding carboxylic acids is 1. The number of nitrogens with one attached hydrogen (secondary N) is 1. The van der Waals surface area contributed by atoms with Crippen LogP contribution in [0.1, 0.15) is 38.3 Å². The standard InChI is InChI=1S/C13H21N3O/c1-3-5-11(8-14)13(17)16-10(2)12-6-4-7-15-9-12/h4,6-7,9-11H,3,5,8,14H2,1-2H3,(H,16,17)/t10-,11?/m1/s1. The Labute approximate surface area is 103 Å². The van der Waals surface area contributed by atoms with Crippen LogP contribution in [0.25, 0.3) is 0 Å². The van der Waals surface area contributed by atoms with Crippen molar-refractivity contribution in [3.63, 3.8) is 0 Å². The number of pyridine rings is 1. The molecule has 2 atom stereocenters. The highest BCUT2D eigenvalue weighted by atomic mass is 16.1. The van der Waals surface area contributed by atoms with E-state index in [-0.39, 0.29) is 17.9 Å². The maximum atomic E-state index is 11.9. The van der Waals surface area contributed by atoms with Gasteiger partial charge in [0.1, 0.15) is 0 Å². The zero-order valence-corrected chi connectivity index (χ0v) is 10.5. The Balaban J connectivity index is 2.56. The molecule has 0 aliphatic rings. The van der Waals surface area contributed by atoms with Crippen LogP contribution in [0.15, 0.2) is 24.5 Å². The van der Waals surface area contributed by atoms with Crippen molar-refractivity contribution in [3.05, 3.63) is 30.1 Å². The summed E-state index contributed by atoms with van der Waals surface area (Å²) in [6, 6.07) is 3.79. The molecule has 1 aromatic heterocycles. The van der Waals surface area contributed by atoms with Crippen LogP contribution in [0.2, 0.25) is 0 Å². The number of nitrogens with zero attached hydrogens (tertiary/aromatic N) is 1. The minimum atomic E-state index is -0.0841. The fourth-order valence-corrected chi connectivity index (χ4v) is 1.75. The largest absolute Gasteiger partial charge is 0.349 e. The van der Waals surface area contributed by atoms with Crippen LogP contribution >= 0.6 is 0 Å². The lowest BCUT2D eigenvalue weighted by atomic mass is 10.0. The van der Waals surface area contributed by atoms with Gasteiger partial charge in [-0.3, -0.25) is 9.78 Å². The Hall–Kier alpha value is -1.42. The predicted octanol–water partition coefficient (Wildman–Crippen LogP) is 1.63. The summed E-state index contributed by atoms with van der Waals surface area (Å²) in [5.41, 5.74) is 6.61. The van der Waals surface area contributed by atoms with E-state index in [4.69, 9.17) is 5.73 Å². The first-order chi connectivity index (χ1) is 8.19. The van der Waals surface area contributed by atoms with Gasteiger partial charge in [0.05, 0.1) is 12.0 Å². The molecule has 0 aromatic carbocycles. The first kappa shape index (κ1) is 13.6. The average molecular weight is 235 g/mol. The maximum Gasteiger partial charge on any atom is 0.224 e. The van der Waals surface area contributed by atoms with Crippen LogP contribution in [0.4, 0.5) is 0 Å². The second kappa shape index (κ2) is 7.01. The molecular formula is C13H21N3O. The fourth-order valence-electron chi connectivity index (χ4n) is 1.75. The quantitative estimate of drug-likeness (QED) is 0.787. The summed E-state index contributed by atoms with van der Waals surface area (Å²) in [6.07, 6.45) is 5.29. The molecule has 1 rings (SSSR count). The molecular weight excluding hydrogens is 214 g/mol. The van der Waals surface area contributed by atoms with Gasteiger partial charge < -0.3 is 11.1 Å². The van der Waals surface area contributed by atoms with E-state index < -0.39 is 0 Å². The number of amides is 1. The molecule has 0 bridgehead atoms. The zero-order chi connectivity index (χ0) is 12.7. The van der Waals surface area contributed by atoms with Gasteiger partial charge in [0, 0.05) is 18.9 Å². The zero-order valence-electron chi connectivity index (χ0n) is 10.5. The molecule has 94 valence electrons. The summed E-state index contributed by atoms with van der Waals surface area (Å²) in [5.74, 6) is -0.0511. The van der Waals surface area contributed by atoms with Crippen molar-refractivity contribution in [1.29, 1.82) is 0 Å². The third kappa shape index (κ3) is 4.15. The Morgan fingerprint density at radius 2 is 2.35 bits per heavy atom. The second-order valence-electron chi connectivity index (χ2n) is 4.24. The number of rotatable bonds is 6. The van der Waals surface area contributed by atoms with E-state index in [1.807, 2.05) is 19.1 Å². The highest BCUT2D eigenvalue weighted by molar-refractivity contribution is 5.79. The third-order valence-electron chi connectivity index (χ3n) is 2.84. The van der Waals surface area contributed by atoms with Crippen LogP contribution < -0.4 is 11.1 Å². The molecule has 0 spiro atoms. The Kier molecular flexibility index (Phi) is 5.63. The van der Waals surface area contributed by atoms with Crippen molar-refractivity contribution in [2.45, 2.75) is 32.7 Å². The molecule has 0 radical (unpaired) electrons. The lowest BCUT2D eigenvalue weighted by molar-refractivity contribution is -0.125. The van der Waals surface area contributed by atoms with Crippen molar-refractivity contribution in [2.75, 3.05) is 6.54 Å². The van der Waals surface area contributed by atoms with E-state index in [1.165, 1.54) is 0 Å². The van der Waals surface area contributed by atoms with Gasteiger partial charge in [-0.1, -0.05) is 19.4 Å². The molecule has 0 fully saturated rings. The average Bonchev–Trinajstić information content (AvgIpc) is 2.36. The molecule has 3 N–H and O–H groups in total. The molecule has 0 saturated heterocycles. The molecule has 0 saturated carbocycles. The summed E-state index contributed by atoms with van der Waals surface area (Å²) in [4.78, 5) is 16.0. The van der Waals surface area contributed by atoms with Crippen molar-refractivity contribution < 1.29 is 4.79 Å². The molecule has 1 heterocycles. The number of nitrogens with two attached hydrogens (primary N) is 1. The van der Waals surface area contributed by atoms with Crippen molar-refractivity contribution in [1.82, 2.24) is 10.3 Å². The van der Waals surface area contributed by atoms with Crippen LogP contribution in [0.5, 0.6) is 0 Å². The van der Waals surface area contributed by atoms with Crippen molar-refractivity contribution >= 4 is 5.91 Å². The molecule has 4 heteroatoms. The van der Waals surface area contributed by atoms with Gasteiger partial charge in [-0.25, -0.2) is 0 Å². The van der Waals surface area contributed by atoms with Crippen LogP contribution in [-0.2, 0) is 4.79 Å². The third-order valence-corrected chi connectivity index (χ3v) is 2.84. The lowest BCUT2D eigenvalue weighted by Crippen LogP contribution is -2.36. The summed E-state index contributed by atoms with van der Waals surface area (Å²) in [6.45, 7) is 4.41. The van der Waals surface area contributed by atoms with Crippen molar-refractivity contribution in [3.8, 4) is 0 Å². The van der Waals surface area contributed by atoms with Gasteiger partial charge in [0.2, 0.25) is 5.91 Å². The SMILES string of the molecule is CCCC(CN)C(=O)N[C@H](C)c1cccnc1. The number of carbonyl (C=O) groups is 1. The first-order valence-electron chi connectivity index (χ1n) is 6.09. The van der Waals surface area contributed by atoms with Gasteiger partial charge in [-0.05, 0) is 25.0 Å². The van der Waals surface area contributed by atoms with Gasteiger partial charge in [-0.2, -0.15) is 0 Å². The second-order valence-corrected chi connectivity index (χ2v) is 4.24. The summed E-state index contributed by atoms with van der Waals surface area (Å²) in [5, 5.41) is 2.97. The van der Waals surface area contributed by atoms with E-state index in [0.29, 0.717) is 6.54 Å². The van der Waals surface area contributed by atoms with Gasteiger partial charge in [0.25, 0.3) is 0 Å². The van der Waals surface area contributed by atoms with E-state index in [0.717, 1.165) is 18.4 Å². The van der Waals surface area contributed by atoms with Crippen LogP contribution in [0.3, 0.4) is 0 Å². The van der Waals surface area contributed by atoms with Crippen LogP contribution in [-0.4, -0.2) is 17.4 Å². The molecule has 1 amide bonds. The van der Waals surface area contributed by atoms with Crippen molar-refractivity contribution in [2.24, 2.45) is 11.7 Å². The minimum Gasteiger partial charge on any atom is -0.349 e. The molecule has 0 aliphatic heterocycles. The Bertz CT molecular complexity index is 340. The molecule has 17 heavy (non-hydrogen) atoms. The highest BCUT2D eigenvalue weighted by Crippen LogP contribution is 2.12. The highest BCUT2D eigenvalue weighted by Gasteiger charge is 2.18. The van der Waals surface area contributed by atoms with Gasteiger partial charge in [-0.15, -0.1) is 0 Å². The Morgan fingerprint density at radius 1 is 1.59 bits per heavy atom. The van der Waals surface area contributed by atoms with E-state index in [2.05, 4.69) is 17.2 Å². The molecule has 4 nitrogen and oxygen atoms in total. The smallest absolute Gasteiger partial charge is 0.224 e. The molecule has 1 aromatic rings. The van der Waals surface area contributed by atoms with E-state index >= 15 is 0 Å². The number of hydrogen-bond acceptors (Lipinski definition) is 3. The van der Waals surface area contributed by atoms with E-state index in [1.54, 1.807) is 12.4 Å². The van der Waals surface area contributed by atoms with Crippen LogP contribution in [0, 0.1) is 5.92 Å². The number of aromatic nitrogens is 1. The molecule has 0 aliphatic carbocycles. The summed E-state index contributed by atoms with van der Waals surface area (Å²) in [7, 11) is 0. The lowest BCUT2D eigenvalue weighted by Gasteiger charge is -2.18.